The predicted octanol–water partition coefficient (Wildman–Crippen LogP) is 6.40. The molecular formula is C31H24F2N2O5. The number of carbonyl (C=O) groups excluding carboxylic acids is 1. The second-order valence-electron chi connectivity index (χ2n) is 9.39. The lowest BCUT2D eigenvalue weighted by molar-refractivity contribution is -0.384. The molecule has 40 heavy (non-hydrogen) atoms. The van der Waals surface area contributed by atoms with Crippen LogP contribution < -0.4 is 0 Å². The number of halogens is 2. The maximum Gasteiger partial charge on any atom is 0.350 e. The number of benzene rings is 3. The Morgan fingerprint density at radius 2 is 1.77 bits per heavy atom. The van der Waals surface area contributed by atoms with Gasteiger partial charge in [0.1, 0.15) is 22.9 Å². The number of non-ortho nitro benzene ring substituents is 1. The molecule has 9 heteroatoms. The number of Topliss-reactive ketones (excluding diaryl/α,β-unsaturated/α-hetero) is 1. The summed E-state index contributed by atoms with van der Waals surface area (Å²) in [5.74, 6) is -3.59. The normalized spacial score (nSPS) is 20.5. The van der Waals surface area contributed by atoms with Gasteiger partial charge in [0, 0.05) is 41.3 Å². The molecule has 0 aliphatic heterocycles. The van der Waals surface area contributed by atoms with Gasteiger partial charge in [0.15, 0.2) is 5.78 Å². The number of nitro benzene ring substituents is 1. The van der Waals surface area contributed by atoms with E-state index >= 15 is 4.39 Å². The van der Waals surface area contributed by atoms with Crippen LogP contribution in [0.2, 0.25) is 0 Å². The van der Waals surface area contributed by atoms with E-state index in [0.29, 0.717) is 6.07 Å². The lowest BCUT2D eigenvalue weighted by Crippen LogP contribution is -2.38. The van der Waals surface area contributed by atoms with E-state index in [1.165, 1.54) is 54.6 Å². The zero-order valence-corrected chi connectivity index (χ0v) is 21.4. The van der Waals surface area contributed by atoms with Crippen LogP contribution in [0.15, 0.2) is 114 Å². The number of rotatable bonds is 9. The molecule has 0 heterocycles. The Morgan fingerprint density at radius 1 is 1.05 bits per heavy atom. The van der Waals surface area contributed by atoms with Gasteiger partial charge in [-0.3, -0.25) is 19.9 Å². The summed E-state index contributed by atoms with van der Waals surface area (Å²) >= 11 is 0. The van der Waals surface area contributed by atoms with Gasteiger partial charge in [-0.2, -0.15) is 0 Å². The second-order valence-corrected chi connectivity index (χ2v) is 9.39. The van der Waals surface area contributed by atoms with Crippen LogP contribution in [-0.2, 0) is 10.2 Å². The Hall–Kier alpha value is -5.05. The standard InChI is InChI=1S/C31H24F2N2O5/c1-3-8-27(29(37)38)34-30(2)15-16-31(24-14-13-22(32)18-26(24)33,21-11-7-12-23(17-21)35(39)40)19-25(30)28(36)20-9-5-4-6-10-20/h3-7,9-19H,1,8H2,2H3,(H,37,38). The number of aliphatic imine (C=N–C) groups is 1. The van der Waals surface area contributed by atoms with E-state index in [2.05, 4.69) is 11.6 Å². The summed E-state index contributed by atoms with van der Waals surface area (Å²) in [7, 11) is 0. The van der Waals surface area contributed by atoms with Crippen molar-refractivity contribution in [2.75, 3.05) is 0 Å². The minimum absolute atomic E-state index is 0.000701. The monoisotopic (exact) mass is 542 g/mol. The van der Waals surface area contributed by atoms with E-state index in [1.54, 1.807) is 37.3 Å². The molecule has 0 spiro atoms. The van der Waals surface area contributed by atoms with Crippen molar-refractivity contribution in [3.05, 3.63) is 148 Å². The third kappa shape index (κ3) is 5.26. The van der Waals surface area contributed by atoms with E-state index < -0.39 is 39.3 Å². The van der Waals surface area contributed by atoms with Crippen LogP contribution in [0.1, 0.15) is 34.8 Å². The fourth-order valence-electron chi connectivity index (χ4n) is 4.75. The molecule has 4 rings (SSSR count). The molecular weight excluding hydrogens is 518 g/mol. The molecule has 202 valence electrons. The molecule has 7 nitrogen and oxygen atoms in total. The van der Waals surface area contributed by atoms with Crippen LogP contribution in [0, 0.1) is 21.7 Å². The van der Waals surface area contributed by atoms with Gasteiger partial charge in [-0.15, -0.1) is 6.58 Å². The first-order chi connectivity index (χ1) is 19.0. The van der Waals surface area contributed by atoms with Crippen molar-refractivity contribution in [2.45, 2.75) is 24.3 Å². The Bertz CT molecular complexity index is 1610. The van der Waals surface area contributed by atoms with Gasteiger partial charge < -0.3 is 5.11 Å². The van der Waals surface area contributed by atoms with Gasteiger partial charge >= 0.3 is 5.97 Å². The molecule has 3 aromatic carbocycles. The number of hydrogen-bond acceptors (Lipinski definition) is 5. The van der Waals surface area contributed by atoms with Crippen molar-refractivity contribution in [3.63, 3.8) is 0 Å². The third-order valence-electron chi connectivity index (χ3n) is 6.73. The first kappa shape index (κ1) is 28.0. The number of nitrogens with zero attached hydrogens (tertiary/aromatic N) is 2. The quantitative estimate of drug-likeness (QED) is 0.111. The largest absolute Gasteiger partial charge is 0.477 e. The Morgan fingerprint density at radius 3 is 2.40 bits per heavy atom. The highest BCUT2D eigenvalue weighted by molar-refractivity contribution is 6.36. The SMILES string of the molecule is C=CCC(=NC1(C)C=CC(c2cccc([N+](=O)[O-])c2)(c2ccc(F)cc2F)C=C1C(=O)c1ccccc1)C(=O)O. The van der Waals surface area contributed by atoms with Gasteiger partial charge in [-0.1, -0.05) is 72.8 Å². The zero-order valence-electron chi connectivity index (χ0n) is 21.4. The molecule has 0 saturated carbocycles. The smallest absolute Gasteiger partial charge is 0.350 e. The molecule has 0 saturated heterocycles. The summed E-state index contributed by atoms with van der Waals surface area (Å²) in [6, 6.07) is 16.6. The predicted molar refractivity (Wildman–Crippen MR) is 147 cm³/mol. The number of nitro groups is 1. The molecule has 0 bridgehead atoms. The van der Waals surface area contributed by atoms with Gasteiger partial charge in [-0.05, 0) is 18.6 Å². The summed E-state index contributed by atoms with van der Waals surface area (Å²) in [4.78, 5) is 41.4. The van der Waals surface area contributed by atoms with Crippen LogP contribution in [0.25, 0.3) is 0 Å². The van der Waals surface area contributed by atoms with Crippen LogP contribution in [0.3, 0.4) is 0 Å². The summed E-state index contributed by atoms with van der Waals surface area (Å²) in [6.07, 6.45) is 5.67. The highest BCUT2D eigenvalue weighted by Crippen LogP contribution is 2.45. The molecule has 1 aliphatic carbocycles. The number of allylic oxidation sites excluding steroid dienone is 3. The topological polar surface area (TPSA) is 110 Å². The number of hydrogen-bond donors (Lipinski definition) is 1. The summed E-state index contributed by atoms with van der Waals surface area (Å²) < 4.78 is 29.4. The first-order valence-electron chi connectivity index (χ1n) is 12.2. The van der Waals surface area contributed by atoms with E-state index in [9.17, 15) is 29.2 Å². The average molecular weight is 543 g/mol. The van der Waals surface area contributed by atoms with E-state index in [0.717, 1.165) is 6.07 Å². The number of ketones is 1. The number of carboxylic acids is 1. The minimum Gasteiger partial charge on any atom is -0.477 e. The fraction of sp³-hybridized carbons (Fsp3) is 0.129. The summed E-state index contributed by atoms with van der Waals surface area (Å²) in [5, 5.41) is 21.3. The highest BCUT2D eigenvalue weighted by atomic mass is 19.1. The van der Waals surface area contributed by atoms with Crippen molar-refractivity contribution >= 4 is 23.2 Å². The molecule has 0 amide bonds. The molecule has 1 aliphatic rings. The van der Waals surface area contributed by atoms with E-state index in [-0.39, 0.29) is 40.1 Å². The van der Waals surface area contributed by atoms with Crippen molar-refractivity contribution in [1.29, 1.82) is 0 Å². The van der Waals surface area contributed by atoms with Crippen molar-refractivity contribution in [3.8, 4) is 0 Å². The first-order valence-corrected chi connectivity index (χ1v) is 12.2. The number of aliphatic carboxylic acids is 1. The summed E-state index contributed by atoms with van der Waals surface area (Å²) in [6.45, 7) is 5.11. The fourth-order valence-corrected chi connectivity index (χ4v) is 4.75. The third-order valence-corrected chi connectivity index (χ3v) is 6.73. The molecule has 3 aromatic rings. The van der Waals surface area contributed by atoms with Gasteiger partial charge in [-0.25, -0.2) is 13.6 Å². The van der Waals surface area contributed by atoms with Crippen LogP contribution in [-0.4, -0.2) is 33.0 Å². The average Bonchev–Trinajstić information content (AvgIpc) is 2.93. The van der Waals surface area contributed by atoms with Crippen molar-refractivity contribution < 1.29 is 28.4 Å². The minimum atomic E-state index is -1.61. The number of carbonyl (C=O) groups is 2. The maximum absolute atomic E-state index is 15.4. The van der Waals surface area contributed by atoms with Crippen LogP contribution in [0.5, 0.6) is 0 Å². The van der Waals surface area contributed by atoms with Gasteiger partial charge in [0.25, 0.3) is 5.69 Å². The molecule has 0 fully saturated rings. The lowest BCUT2D eigenvalue weighted by Gasteiger charge is -2.38. The zero-order chi connectivity index (χ0) is 29.1. The van der Waals surface area contributed by atoms with Crippen LogP contribution >= 0.6 is 0 Å². The summed E-state index contributed by atoms with van der Waals surface area (Å²) in [5.41, 5.74) is -3.24. The number of carboxylic acid groups (broad SMARTS) is 1. The van der Waals surface area contributed by atoms with Crippen LogP contribution in [0.4, 0.5) is 14.5 Å². The van der Waals surface area contributed by atoms with Crippen molar-refractivity contribution in [2.24, 2.45) is 4.99 Å². The molecule has 0 radical (unpaired) electrons. The maximum atomic E-state index is 15.4. The Kier molecular flexibility index (Phi) is 7.68. The van der Waals surface area contributed by atoms with Gasteiger partial charge in [0.05, 0.1) is 10.3 Å². The molecule has 1 N–H and O–H groups in total. The Labute approximate surface area is 228 Å². The van der Waals surface area contributed by atoms with Crippen molar-refractivity contribution in [1.82, 2.24) is 0 Å². The van der Waals surface area contributed by atoms with E-state index in [4.69, 9.17) is 0 Å². The Balaban J connectivity index is 2.09. The molecule has 0 aromatic heterocycles. The van der Waals surface area contributed by atoms with Gasteiger partial charge in [0.2, 0.25) is 0 Å². The molecule has 2 atom stereocenters. The van der Waals surface area contributed by atoms with E-state index in [1.807, 2.05) is 0 Å². The lowest BCUT2D eigenvalue weighted by atomic mass is 9.66. The highest BCUT2D eigenvalue weighted by Gasteiger charge is 2.43. The second kappa shape index (κ2) is 11.0. The molecule has 2 unspecified atom stereocenters.